The zero-order valence-corrected chi connectivity index (χ0v) is 14.6. The summed E-state index contributed by atoms with van der Waals surface area (Å²) in [6.07, 6.45) is 6.11. The molecule has 2 aromatic rings. The standard InChI is InChI=1S/C17H19BrN4/c1-11(2)22-8-4-5-13-10-19-17(21-16(13)22)20-14-6-7-15(18)12(3)9-14/h4-7,9-11H,8H2,1-3H3,(H,19,20,21). The molecule has 3 rings (SSSR count). The van der Waals surface area contributed by atoms with Gasteiger partial charge >= 0.3 is 0 Å². The topological polar surface area (TPSA) is 41.1 Å². The number of rotatable bonds is 3. The summed E-state index contributed by atoms with van der Waals surface area (Å²) >= 11 is 3.51. The van der Waals surface area contributed by atoms with E-state index >= 15 is 0 Å². The lowest BCUT2D eigenvalue weighted by Gasteiger charge is -2.30. The molecule has 4 nitrogen and oxygen atoms in total. The predicted octanol–water partition coefficient (Wildman–Crippen LogP) is 4.53. The van der Waals surface area contributed by atoms with Crippen molar-refractivity contribution in [3.05, 3.63) is 46.1 Å². The van der Waals surface area contributed by atoms with Crippen molar-refractivity contribution in [1.82, 2.24) is 9.97 Å². The summed E-state index contributed by atoms with van der Waals surface area (Å²) in [7, 11) is 0. The van der Waals surface area contributed by atoms with Crippen LogP contribution < -0.4 is 10.2 Å². The van der Waals surface area contributed by atoms with E-state index in [2.05, 4.69) is 70.1 Å². The number of nitrogens with zero attached hydrogens (tertiary/aromatic N) is 3. The van der Waals surface area contributed by atoms with Crippen LogP contribution in [0.2, 0.25) is 0 Å². The molecule has 0 radical (unpaired) electrons. The first-order chi connectivity index (χ1) is 10.5. The van der Waals surface area contributed by atoms with Gasteiger partial charge in [0.2, 0.25) is 5.95 Å². The Morgan fingerprint density at radius 2 is 2.14 bits per heavy atom. The number of benzene rings is 1. The maximum atomic E-state index is 4.70. The van der Waals surface area contributed by atoms with Crippen molar-refractivity contribution in [1.29, 1.82) is 0 Å². The zero-order valence-electron chi connectivity index (χ0n) is 13.0. The normalized spacial score (nSPS) is 13.4. The minimum Gasteiger partial charge on any atom is -0.350 e. The summed E-state index contributed by atoms with van der Waals surface area (Å²) in [4.78, 5) is 11.4. The highest BCUT2D eigenvalue weighted by Gasteiger charge is 2.18. The molecule has 1 aliphatic rings. The average molecular weight is 359 g/mol. The van der Waals surface area contributed by atoms with Gasteiger partial charge < -0.3 is 10.2 Å². The van der Waals surface area contributed by atoms with Gasteiger partial charge in [-0.05, 0) is 44.5 Å². The summed E-state index contributed by atoms with van der Waals surface area (Å²) in [5.41, 5.74) is 3.23. The molecule has 0 saturated heterocycles. The molecule has 0 amide bonds. The molecule has 0 bridgehead atoms. The number of anilines is 3. The van der Waals surface area contributed by atoms with E-state index in [1.54, 1.807) is 0 Å². The molecule has 1 aromatic heterocycles. The first-order valence-corrected chi connectivity index (χ1v) is 8.17. The molecule has 22 heavy (non-hydrogen) atoms. The van der Waals surface area contributed by atoms with E-state index in [9.17, 15) is 0 Å². The summed E-state index contributed by atoms with van der Waals surface area (Å²) < 4.78 is 1.10. The lowest BCUT2D eigenvalue weighted by Crippen LogP contribution is -2.33. The lowest BCUT2D eigenvalue weighted by molar-refractivity contribution is 0.707. The number of aromatic nitrogens is 2. The second kappa shape index (κ2) is 6.08. The number of nitrogens with one attached hydrogen (secondary N) is 1. The van der Waals surface area contributed by atoms with Crippen molar-refractivity contribution < 1.29 is 0 Å². The van der Waals surface area contributed by atoms with Crippen molar-refractivity contribution in [2.45, 2.75) is 26.8 Å². The molecule has 5 heteroatoms. The Morgan fingerprint density at radius 3 is 2.86 bits per heavy atom. The van der Waals surface area contributed by atoms with E-state index in [-0.39, 0.29) is 0 Å². The lowest BCUT2D eigenvalue weighted by atomic mass is 10.1. The van der Waals surface area contributed by atoms with Crippen molar-refractivity contribution in [3.63, 3.8) is 0 Å². The second-order valence-corrected chi connectivity index (χ2v) is 6.56. The number of hydrogen-bond donors (Lipinski definition) is 1. The molecule has 1 N–H and O–H groups in total. The van der Waals surface area contributed by atoms with E-state index in [1.807, 2.05) is 18.3 Å². The van der Waals surface area contributed by atoms with E-state index in [4.69, 9.17) is 4.98 Å². The Labute approximate surface area is 139 Å². The molecule has 2 heterocycles. The van der Waals surface area contributed by atoms with E-state index < -0.39 is 0 Å². The molecular formula is C17H19BrN4. The van der Waals surface area contributed by atoms with E-state index in [0.717, 1.165) is 28.1 Å². The second-order valence-electron chi connectivity index (χ2n) is 5.71. The molecule has 0 unspecified atom stereocenters. The highest BCUT2D eigenvalue weighted by Crippen LogP contribution is 2.27. The van der Waals surface area contributed by atoms with Gasteiger partial charge in [-0.15, -0.1) is 0 Å². The Bertz CT molecular complexity index is 725. The summed E-state index contributed by atoms with van der Waals surface area (Å²) in [6, 6.07) is 6.52. The molecule has 0 fully saturated rings. The number of hydrogen-bond acceptors (Lipinski definition) is 4. The van der Waals surface area contributed by atoms with Crippen LogP contribution in [0.3, 0.4) is 0 Å². The average Bonchev–Trinajstić information content (AvgIpc) is 2.50. The molecule has 0 atom stereocenters. The summed E-state index contributed by atoms with van der Waals surface area (Å²) in [5, 5.41) is 3.29. The quantitative estimate of drug-likeness (QED) is 0.874. The van der Waals surface area contributed by atoms with Crippen LogP contribution in [0.25, 0.3) is 6.08 Å². The predicted molar refractivity (Wildman–Crippen MR) is 95.7 cm³/mol. The smallest absolute Gasteiger partial charge is 0.229 e. The third kappa shape index (κ3) is 2.99. The van der Waals surface area contributed by atoms with Gasteiger partial charge in [0.25, 0.3) is 0 Å². The Balaban J connectivity index is 1.91. The van der Waals surface area contributed by atoms with Crippen LogP contribution in [-0.4, -0.2) is 22.6 Å². The largest absolute Gasteiger partial charge is 0.350 e. The fourth-order valence-electron chi connectivity index (χ4n) is 2.48. The number of fused-ring (bicyclic) bond motifs is 1. The monoisotopic (exact) mass is 358 g/mol. The minimum atomic E-state index is 0.404. The van der Waals surface area contributed by atoms with Crippen LogP contribution in [0.1, 0.15) is 25.0 Å². The highest BCUT2D eigenvalue weighted by molar-refractivity contribution is 9.10. The Hall–Kier alpha value is -1.88. The number of halogens is 1. The SMILES string of the molecule is Cc1cc(Nc2ncc3c(n2)N(C(C)C)CC=C3)ccc1Br. The van der Waals surface area contributed by atoms with E-state index in [0.29, 0.717) is 12.0 Å². The zero-order chi connectivity index (χ0) is 15.7. The van der Waals surface area contributed by atoms with E-state index in [1.165, 1.54) is 5.56 Å². The van der Waals surface area contributed by atoms with Gasteiger partial charge in [-0.25, -0.2) is 4.98 Å². The molecule has 114 valence electrons. The molecule has 0 spiro atoms. The van der Waals surface area contributed by atoms with Gasteiger partial charge in [0.05, 0.1) is 0 Å². The maximum Gasteiger partial charge on any atom is 0.229 e. The maximum absolute atomic E-state index is 4.70. The van der Waals surface area contributed by atoms with Gasteiger partial charge in [-0.2, -0.15) is 4.98 Å². The molecule has 0 saturated carbocycles. The first-order valence-electron chi connectivity index (χ1n) is 7.38. The summed E-state index contributed by atoms with van der Waals surface area (Å²) in [5.74, 6) is 1.62. The third-order valence-electron chi connectivity index (χ3n) is 3.70. The van der Waals surface area contributed by atoms with Gasteiger partial charge in [0.15, 0.2) is 0 Å². The Kier molecular flexibility index (Phi) is 4.16. The van der Waals surface area contributed by atoms with Crippen LogP contribution in [-0.2, 0) is 0 Å². The fraction of sp³-hybridized carbons (Fsp3) is 0.294. The minimum absolute atomic E-state index is 0.404. The van der Waals surface area contributed by atoms with Gasteiger partial charge in [-0.3, -0.25) is 0 Å². The summed E-state index contributed by atoms with van der Waals surface area (Å²) in [6.45, 7) is 7.30. The van der Waals surface area contributed by atoms with Crippen LogP contribution in [0.4, 0.5) is 17.5 Å². The fourth-order valence-corrected chi connectivity index (χ4v) is 2.72. The van der Waals surface area contributed by atoms with Crippen molar-refractivity contribution in [3.8, 4) is 0 Å². The van der Waals surface area contributed by atoms with Crippen molar-refractivity contribution >= 4 is 39.5 Å². The van der Waals surface area contributed by atoms with Crippen LogP contribution >= 0.6 is 15.9 Å². The third-order valence-corrected chi connectivity index (χ3v) is 4.59. The first kappa shape index (κ1) is 15.0. The van der Waals surface area contributed by atoms with Crippen LogP contribution in [0, 0.1) is 6.92 Å². The van der Waals surface area contributed by atoms with Gasteiger partial charge in [-0.1, -0.05) is 28.1 Å². The molecule has 1 aliphatic heterocycles. The van der Waals surface area contributed by atoms with Gasteiger partial charge in [0, 0.05) is 34.5 Å². The van der Waals surface area contributed by atoms with Crippen LogP contribution in [0.5, 0.6) is 0 Å². The molecule has 1 aromatic carbocycles. The molecule has 0 aliphatic carbocycles. The van der Waals surface area contributed by atoms with Gasteiger partial charge in [0.1, 0.15) is 5.82 Å². The van der Waals surface area contributed by atoms with Crippen LogP contribution in [0.15, 0.2) is 34.9 Å². The molecular weight excluding hydrogens is 340 g/mol. The van der Waals surface area contributed by atoms with Crippen molar-refractivity contribution in [2.24, 2.45) is 0 Å². The Morgan fingerprint density at radius 1 is 1.32 bits per heavy atom. The number of aryl methyl sites for hydroxylation is 1. The van der Waals surface area contributed by atoms with Crippen molar-refractivity contribution in [2.75, 3.05) is 16.8 Å². The highest BCUT2D eigenvalue weighted by atomic mass is 79.9.